The third-order valence-electron chi connectivity index (χ3n) is 2.63. The molecule has 1 amide bonds. The SMILES string of the molecule is NC(=O)c1cc2c3c(nccc3c1)C=C2. The summed E-state index contributed by atoms with van der Waals surface area (Å²) in [5, 5.41) is 2.11. The number of rotatable bonds is 1. The fourth-order valence-electron chi connectivity index (χ4n) is 1.95. The number of primary amides is 1. The van der Waals surface area contributed by atoms with Gasteiger partial charge in [0.05, 0.1) is 5.69 Å². The number of hydrogen-bond acceptors (Lipinski definition) is 2. The third kappa shape index (κ3) is 1.06. The van der Waals surface area contributed by atoms with Gasteiger partial charge in [-0.1, -0.05) is 6.08 Å². The van der Waals surface area contributed by atoms with E-state index >= 15 is 0 Å². The van der Waals surface area contributed by atoms with Gasteiger partial charge in [0.1, 0.15) is 0 Å². The fraction of sp³-hybridized carbons (Fsp3) is 0. The number of carbonyl (C=O) groups excluding carboxylic acids is 1. The molecular weight excluding hydrogens is 188 g/mol. The zero-order chi connectivity index (χ0) is 10.4. The highest BCUT2D eigenvalue weighted by atomic mass is 16.1. The highest BCUT2D eigenvalue weighted by molar-refractivity contribution is 6.07. The Morgan fingerprint density at radius 1 is 1.27 bits per heavy atom. The van der Waals surface area contributed by atoms with Crippen molar-refractivity contribution in [2.45, 2.75) is 0 Å². The zero-order valence-electron chi connectivity index (χ0n) is 7.90. The number of benzene rings is 1. The summed E-state index contributed by atoms with van der Waals surface area (Å²) in [6, 6.07) is 5.50. The van der Waals surface area contributed by atoms with E-state index < -0.39 is 5.91 Å². The summed E-state index contributed by atoms with van der Waals surface area (Å²) in [5.74, 6) is -0.396. The van der Waals surface area contributed by atoms with Crippen molar-refractivity contribution in [2.75, 3.05) is 0 Å². The van der Waals surface area contributed by atoms with Crippen molar-refractivity contribution in [1.82, 2.24) is 4.98 Å². The Morgan fingerprint density at radius 2 is 2.13 bits per heavy atom. The van der Waals surface area contributed by atoms with Gasteiger partial charge in [0.25, 0.3) is 0 Å². The van der Waals surface area contributed by atoms with Crippen LogP contribution >= 0.6 is 0 Å². The number of amides is 1. The molecule has 3 nitrogen and oxygen atoms in total. The summed E-state index contributed by atoms with van der Waals surface area (Å²) in [4.78, 5) is 15.4. The molecule has 0 spiro atoms. The van der Waals surface area contributed by atoms with Crippen LogP contribution in [0.15, 0.2) is 24.4 Å². The lowest BCUT2D eigenvalue weighted by Gasteiger charge is -2.03. The summed E-state index contributed by atoms with van der Waals surface area (Å²) in [7, 11) is 0. The Morgan fingerprint density at radius 3 is 2.93 bits per heavy atom. The van der Waals surface area contributed by atoms with Crippen LogP contribution in [-0.4, -0.2) is 10.9 Å². The molecule has 1 aliphatic rings. The second kappa shape index (κ2) is 2.67. The van der Waals surface area contributed by atoms with E-state index in [1.807, 2.05) is 18.2 Å². The first-order valence-electron chi connectivity index (χ1n) is 4.66. The molecule has 0 fully saturated rings. The minimum absolute atomic E-state index is 0.396. The minimum atomic E-state index is -0.396. The Kier molecular flexibility index (Phi) is 1.45. The molecule has 0 bridgehead atoms. The number of hydrogen-bond donors (Lipinski definition) is 1. The third-order valence-corrected chi connectivity index (χ3v) is 2.63. The van der Waals surface area contributed by atoms with E-state index in [4.69, 9.17) is 5.73 Å². The Labute approximate surface area is 86.2 Å². The van der Waals surface area contributed by atoms with Gasteiger partial charge in [-0.3, -0.25) is 9.78 Å². The smallest absolute Gasteiger partial charge is 0.248 e. The van der Waals surface area contributed by atoms with Crippen LogP contribution in [0.5, 0.6) is 0 Å². The second-order valence-corrected chi connectivity index (χ2v) is 3.56. The number of nitrogens with zero attached hydrogens (tertiary/aromatic N) is 1. The molecule has 15 heavy (non-hydrogen) atoms. The van der Waals surface area contributed by atoms with Crippen LogP contribution in [0.3, 0.4) is 0 Å². The van der Waals surface area contributed by atoms with Crippen LogP contribution in [0, 0.1) is 0 Å². The van der Waals surface area contributed by atoms with Crippen LogP contribution < -0.4 is 5.73 Å². The number of pyridine rings is 1. The molecule has 3 heteroatoms. The van der Waals surface area contributed by atoms with E-state index in [1.54, 1.807) is 18.3 Å². The van der Waals surface area contributed by atoms with E-state index in [-0.39, 0.29) is 0 Å². The monoisotopic (exact) mass is 196 g/mol. The van der Waals surface area contributed by atoms with Gasteiger partial charge < -0.3 is 5.73 Å². The average molecular weight is 196 g/mol. The zero-order valence-corrected chi connectivity index (χ0v) is 7.90. The lowest BCUT2D eigenvalue weighted by molar-refractivity contribution is 0.100. The summed E-state index contributed by atoms with van der Waals surface area (Å²) in [5.41, 5.74) is 7.78. The predicted octanol–water partition coefficient (Wildman–Crippen LogP) is 1.82. The van der Waals surface area contributed by atoms with Gasteiger partial charge in [-0.2, -0.15) is 0 Å². The molecule has 3 rings (SSSR count). The first kappa shape index (κ1) is 8.17. The van der Waals surface area contributed by atoms with Crippen LogP contribution in [-0.2, 0) is 0 Å². The van der Waals surface area contributed by atoms with Gasteiger partial charge in [0.15, 0.2) is 0 Å². The molecule has 0 aliphatic heterocycles. The second-order valence-electron chi connectivity index (χ2n) is 3.56. The fourth-order valence-corrected chi connectivity index (χ4v) is 1.95. The number of carbonyl (C=O) groups is 1. The van der Waals surface area contributed by atoms with Crippen molar-refractivity contribution < 1.29 is 4.79 Å². The van der Waals surface area contributed by atoms with Gasteiger partial charge in [-0.05, 0) is 35.2 Å². The summed E-state index contributed by atoms with van der Waals surface area (Å²) >= 11 is 0. The van der Waals surface area contributed by atoms with E-state index in [1.165, 1.54) is 0 Å². The lowest BCUT2D eigenvalue weighted by Crippen LogP contribution is -2.10. The summed E-state index contributed by atoms with van der Waals surface area (Å²) in [6.45, 7) is 0. The van der Waals surface area contributed by atoms with Crippen molar-refractivity contribution in [1.29, 1.82) is 0 Å². The van der Waals surface area contributed by atoms with Crippen LogP contribution in [0.4, 0.5) is 0 Å². The van der Waals surface area contributed by atoms with E-state index in [9.17, 15) is 4.79 Å². The molecular formula is C12H8N2O. The average Bonchev–Trinajstić information content (AvgIpc) is 2.64. The largest absolute Gasteiger partial charge is 0.366 e. The van der Waals surface area contributed by atoms with E-state index in [2.05, 4.69) is 4.98 Å². The van der Waals surface area contributed by atoms with Crippen molar-refractivity contribution in [3.63, 3.8) is 0 Å². The van der Waals surface area contributed by atoms with Crippen molar-refractivity contribution >= 4 is 28.8 Å². The lowest BCUT2D eigenvalue weighted by atomic mass is 10.0. The summed E-state index contributed by atoms with van der Waals surface area (Å²) < 4.78 is 0. The Hall–Kier alpha value is -2.16. The maximum absolute atomic E-state index is 11.1. The van der Waals surface area contributed by atoms with Gasteiger partial charge in [-0.25, -0.2) is 0 Å². The molecule has 2 N–H and O–H groups in total. The van der Waals surface area contributed by atoms with Gasteiger partial charge in [-0.15, -0.1) is 0 Å². The number of nitrogens with two attached hydrogens (primary N) is 1. The van der Waals surface area contributed by atoms with Gasteiger partial charge in [0.2, 0.25) is 5.91 Å². The highest BCUT2D eigenvalue weighted by Crippen LogP contribution is 2.30. The van der Waals surface area contributed by atoms with Gasteiger partial charge >= 0.3 is 0 Å². The maximum Gasteiger partial charge on any atom is 0.248 e. The first-order chi connectivity index (χ1) is 7.25. The number of aromatic nitrogens is 1. The van der Waals surface area contributed by atoms with Crippen LogP contribution in [0.2, 0.25) is 0 Å². The van der Waals surface area contributed by atoms with Crippen LogP contribution in [0.1, 0.15) is 21.6 Å². The topological polar surface area (TPSA) is 56.0 Å². The first-order valence-corrected chi connectivity index (χ1v) is 4.66. The van der Waals surface area contributed by atoms with Crippen molar-refractivity contribution in [3.8, 4) is 0 Å². The molecule has 0 radical (unpaired) electrons. The minimum Gasteiger partial charge on any atom is -0.366 e. The quantitative estimate of drug-likeness (QED) is 0.645. The maximum atomic E-state index is 11.1. The van der Waals surface area contributed by atoms with E-state index in [0.717, 1.165) is 22.0 Å². The van der Waals surface area contributed by atoms with Crippen LogP contribution in [0.25, 0.3) is 22.9 Å². The molecule has 2 aromatic rings. The molecule has 72 valence electrons. The molecule has 0 unspecified atom stereocenters. The molecule has 0 saturated carbocycles. The molecule has 1 aliphatic carbocycles. The standard InChI is InChI=1S/C12H8N2O/c13-12(15)9-5-7-1-2-10-11(7)8(6-9)3-4-14-10/h1-6H,(H2,13,15). The van der Waals surface area contributed by atoms with Gasteiger partial charge in [0, 0.05) is 17.1 Å². The Balaban J connectivity index is 2.45. The predicted molar refractivity (Wildman–Crippen MR) is 59.2 cm³/mol. The molecule has 1 aromatic carbocycles. The highest BCUT2D eigenvalue weighted by Gasteiger charge is 2.12. The summed E-state index contributed by atoms with van der Waals surface area (Å²) in [6.07, 6.45) is 5.64. The molecule has 0 atom stereocenters. The van der Waals surface area contributed by atoms with E-state index in [0.29, 0.717) is 5.56 Å². The van der Waals surface area contributed by atoms with Crippen molar-refractivity contribution in [3.05, 3.63) is 41.2 Å². The normalized spacial score (nSPS) is 12.3. The molecule has 1 aromatic heterocycles. The molecule has 0 saturated heterocycles. The van der Waals surface area contributed by atoms with Crippen molar-refractivity contribution in [2.24, 2.45) is 5.73 Å². The molecule has 1 heterocycles. The Bertz CT molecular complexity index is 614.